The smallest absolute Gasteiger partial charge is 0.302 e. The third-order valence-electron chi connectivity index (χ3n) is 1.68. The lowest BCUT2D eigenvalue weighted by Crippen LogP contribution is -2.17. The molecule has 0 fully saturated rings. The van der Waals surface area contributed by atoms with Crippen molar-refractivity contribution in [1.82, 2.24) is 0 Å². The second kappa shape index (κ2) is 8.05. The fourth-order valence-electron chi connectivity index (χ4n) is 0.878. The first kappa shape index (κ1) is 13.7. The van der Waals surface area contributed by atoms with E-state index in [0.717, 1.165) is 0 Å². The molecule has 0 bridgehead atoms. The monoisotopic (exact) mass is 214 g/mol. The summed E-state index contributed by atoms with van der Waals surface area (Å²) < 4.78 is 9.78. The molecular weight excluding hydrogens is 196 g/mol. The quantitative estimate of drug-likeness (QED) is 0.287. The highest BCUT2D eigenvalue weighted by Crippen LogP contribution is 2.01. The molecule has 4 heteroatoms. The van der Waals surface area contributed by atoms with Gasteiger partial charge in [0.1, 0.15) is 12.4 Å². The normalized spacial score (nSPS) is 11.6. The second-order valence-electron chi connectivity index (χ2n) is 3.12. The molecule has 0 radical (unpaired) electrons. The number of ether oxygens (including phenoxy) is 2. The molecule has 15 heavy (non-hydrogen) atoms. The Morgan fingerprint density at radius 3 is 2.73 bits per heavy atom. The lowest BCUT2D eigenvalue weighted by atomic mass is 10.2. The van der Waals surface area contributed by atoms with Crippen molar-refractivity contribution in [3.05, 3.63) is 25.0 Å². The Balaban J connectivity index is 3.38. The van der Waals surface area contributed by atoms with Crippen molar-refractivity contribution in [3.63, 3.8) is 0 Å². The van der Waals surface area contributed by atoms with E-state index in [1.165, 1.54) is 13.0 Å². The van der Waals surface area contributed by atoms with Crippen LogP contribution >= 0.6 is 0 Å². The number of carbonyl (C=O) groups excluding carboxylic acids is 1. The molecule has 1 unspecified atom stereocenters. The molecule has 86 valence electrons. The summed E-state index contributed by atoms with van der Waals surface area (Å²) in [5, 5.41) is 9.35. The van der Waals surface area contributed by atoms with Gasteiger partial charge in [-0.15, -0.1) is 0 Å². The minimum absolute atomic E-state index is 0.0394. The number of hydrogen-bond donors (Lipinski definition) is 1. The van der Waals surface area contributed by atoms with Gasteiger partial charge in [-0.2, -0.15) is 0 Å². The molecule has 0 saturated heterocycles. The molecular formula is C11H18O4. The van der Waals surface area contributed by atoms with E-state index in [-0.39, 0.29) is 12.6 Å². The second-order valence-corrected chi connectivity index (χ2v) is 3.12. The van der Waals surface area contributed by atoms with Crippen LogP contribution in [0, 0.1) is 0 Å². The zero-order chi connectivity index (χ0) is 11.7. The van der Waals surface area contributed by atoms with Crippen LogP contribution in [0.1, 0.15) is 19.8 Å². The fourth-order valence-corrected chi connectivity index (χ4v) is 0.878. The van der Waals surface area contributed by atoms with E-state index in [2.05, 4.69) is 17.9 Å². The molecule has 0 aliphatic heterocycles. The molecule has 0 aromatic rings. The summed E-state index contributed by atoms with van der Waals surface area (Å²) in [5.41, 5.74) is 0. The van der Waals surface area contributed by atoms with Gasteiger partial charge in [-0.3, -0.25) is 4.79 Å². The van der Waals surface area contributed by atoms with E-state index in [4.69, 9.17) is 4.74 Å². The Morgan fingerprint density at radius 1 is 1.53 bits per heavy atom. The maximum absolute atomic E-state index is 10.4. The number of hydrogen-bond acceptors (Lipinski definition) is 4. The van der Waals surface area contributed by atoms with Crippen LogP contribution < -0.4 is 0 Å². The van der Waals surface area contributed by atoms with Crippen LogP contribution in [0.5, 0.6) is 0 Å². The molecule has 0 aromatic carbocycles. The molecule has 0 spiro atoms. The zero-order valence-electron chi connectivity index (χ0n) is 9.07. The number of rotatable bonds is 8. The van der Waals surface area contributed by atoms with Crippen LogP contribution in [0.3, 0.4) is 0 Å². The van der Waals surface area contributed by atoms with Crippen LogP contribution in [0.25, 0.3) is 0 Å². The van der Waals surface area contributed by atoms with E-state index >= 15 is 0 Å². The first-order valence-electron chi connectivity index (χ1n) is 4.81. The van der Waals surface area contributed by atoms with Gasteiger partial charge in [0, 0.05) is 6.92 Å². The highest BCUT2D eigenvalue weighted by molar-refractivity contribution is 5.65. The average Bonchev–Trinajstić information content (AvgIpc) is 2.21. The number of aliphatic hydroxyl groups excluding tert-OH is 1. The molecule has 0 rings (SSSR count). The topological polar surface area (TPSA) is 55.8 Å². The number of aliphatic hydroxyl groups is 1. The van der Waals surface area contributed by atoms with Gasteiger partial charge in [-0.05, 0) is 18.9 Å². The van der Waals surface area contributed by atoms with Gasteiger partial charge in [0.05, 0.1) is 12.7 Å². The molecule has 0 saturated carbocycles. The van der Waals surface area contributed by atoms with Crippen molar-refractivity contribution in [2.24, 2.45) is 0 Å². The highest BCUT2D eigenvalue weighted by atomic mass is 16.5. The number of allylic oxidation sites excluding steroid dienone is 1. The summed E-state index contributed by atoms with van der Waals surface area (Å²) >= 11 is 0. The van der Waals surface area contributed by atoms with Gasteiger partial charge in [-0.25, -0.2) is 0 Å². The van der Waals surface area contributed by atoms with Gasteiger partial charge >= 0.3 is 5.97 Å². The van der Waals surface area contributed by atoms with E-state index in [9.17, 15) is 9.90 Å². The van der Waals surface area contributed by atoms with E-state index in [0.29, 0.717) is 25.2 Å². The average molecular weight is 214 g/mol. The number of carbonyl (C=O) groups is 1. The van der Waals surface area contributed by atoms with Gasteiger partial charge < -0.3 is 14.6 Å². The SMILES string of the molecule is C=CC(=C)OCCCC(O)COC(C)=O. The summed E-state index contributed by atoms with van der Waals surface area (Å²) in [4.78, 5) is 10.4. The van der Waals surface area contributed by atoms with Crippen LogP contribution in [-0.2, 0) is 14.3 Å². The van der Waals surface area contributed by atoms with Crippen molar-refractivity contribution in [2.75, 3.05) is 13.2 Å². The molecule has 1 N–H and O–H groups in total. The summed E-state index contributed by atoms with van der Waals surface area (Å²) in [6.07, 6.45) is 2.09. The first-order valence-corrected chi connectivity index (χ1v) is 4.81. The molecule has 0 amide bonds. The summed E-state index contributed by atoms with van der Waals surface area (Å²) in [6, 6.07) is 0. The van der Waals surface area contributed by atoms with Crippen LogP contribution in [0.2, 0.25) is 0 Å². The maximum Gasteiger partial charge on any atom is 0.302 e. The predicted molar refractivity (Wildman–Crippen MR) is 57.2 cm³/mol. The van der Waals surface area contributed by atoms with Gasteiger partial charge in [0.25, 0.3) is 0 Å². The molecule has 0 aliphatic rings. The molecule has 4 nitrogen and oxygen atoms in total. The molecule has 1 atom stereocenters. The molecule has 0 heterocycles. The Hall–Kier alpha value is -1.29. The maximum atomic E-state index is 10.4. The lowest BCUT2D eigenvalue weighted by Gasteiger charge is -2.10. The van der Waals surface area contributed by atoms with Crippen molar-refractivity contribution in [3.8, 4) is 0 Å². The van der Waals surface area contributed by atoms with Crippen molar-refractivity contribution in [2.45, 2.75) is 25.9 Å². The third-order valence-corrected chi connectivity index (χ3v) is 1.68. The van der Waals surface area contributed by atoms with Crippen molar-refractivity contribution in [1.29, 1.82) is 0 Å². The van der Waals surface area contributed by atoms with Crippen molar-refractivity contribution < 1.29 is 19.4 Å². The van der Waals surface area contributed by atoms with Crippen LogP contribution in [0.4, 0.5) is 0 Å². The van der Waals surface area contributed by atoms with Crippen molar-refractivity contribution >= 4 is 5.97 Å². The summed E-state index contributed by atoms with van der Waals surface area (Å²) in [7, 11) is 0. The highest BCUT2D eigenvalue weighted by Gasteiger charge is 2.05. The number of esters is 1. The summed E-state index contributed by atoms with van der Waals surface area (Å²) in [6.45, 7) is 8.89. The van der Waals surface area contributed by atoms with E-state index < -0.39 is 6.10 Å². The lowest BCUT2D eigenvalue weighted by molar-refractivity contribution is -0.144. The van der Waals surface area contributed by atoms with Gasteiger partial charge in [0.15, 0.2) is 0 Å². The minimum Gasteiger partial charge on any atom is -0.494 e. The fraction of sp³-hybridized carbons (Fsp3) is 0.545. The van der Waals surface area contributed by atoms with Crippen LogP contribution in [-0.4, -0.2) is 30.4 Å². The first-order chi connectivity index (χ1) is 7.06. The Morgan fingerprint density at radius 2 is 2.20 bits per heavy atom. The third kappa shape index (κ3) is 9.02. The van der Waals surface area contributed by atoms with Gasteiger partial charge in [0.2, 0.25) is 0 Å². The van der Waals surface area contributed by atoms with E-state index in [1.807, 2.05) is 0 Å². The largest absolute Gasteiger partial charge is 0.494 e. The predicted octanol–water partition coefficient (Wildman–Crippen LogP) is 1.41. The molecule has 0 aliphatic carbocycles. The standard InChI is InChI=1S/C11H18O4/c1-4-9(2)14-7-5-6-11(13)8-15-10(3)12/h4,11,13H,1-2,5-8H2,3H3. The minimum atomic E-state index is -0.630. The zero-order valence-corrected chi connectivity index (χ0v) is 9.07. The molecule has 0 aromatic heterocycles. The Kier molecular flexibility index (Phi) is 7.36. The van der Waals surface area contributed by atoms with E-state index in [1.54, 1.807) is 0 Å². The van der Waals surface area contributed by atoms with Crippen LogP contribution in [0.15, 0.2) is 25.0 Å². The van der Waals surface area contributed by atoms with Gasteiger partial charge in [-0.1, -0.05) is 13.2 Å². The Labute approximate surface area is 90.2 Å². The Bertz CT molecular complexity index is 223. The summed E-state index contributed by atoms with van der Waals surface area (Å²) in [5.74, 6) is 0.134.